The molecule has 3 aliphatic rings. The lowest BCUT2D eigenvalue weighted by molar-refractivity contribution is 0.0677. The molecule has 0 radical (unpaired) electrons. The molecule has 0 heterocycles. The smallest absolute Gasteiger partial charge is 0.0811 e. The highest BCUT2D eigenvalue weighted by Gasteiger charge is 2.50. The minimum Gasteiger partial charge on any atom is -0.393 e. The molecule has 188 valence electrons. The molecule has 0 aliphatic heterocycles. The van der Waals surface area contributed by atoms with Crippen LogP contribution in [0.25, 0.3) is 0 Å². The first-order valence-corrected chi connectivity index (χ1v) is 13.7. The number of rotatable bonds is 9. The second kappa shape index (κ2) is 11.2. The quantitative estimate of drug-likeness (QED) is 0.330. The lowest BCUT2D eigenvalue weighted by Gasteiger charge is -2.44. The molecule has 33 heavy (non-hydrogen) atoms. The van der Waals surface area contributed by atoms with E-state index in [9.17, 15) is 15.3 Å². The molecule has 6 atom stereocenters. The van der Waals surface area contributed by atoms with Gasteiger partial charge in [0, 0.05) is 6.42 Å². The third kappa shape index (κ3) is 6.83. The van der Waals surface area contributed by atoms with Crippen LogP contribution in [0.3, 0.4) is 0 Å². The van der Waals surface area contributed by atoms with E-state index in [1.165, 1.54) is 57.8 Å². The highest BCUT2D eigenvalue weighted by Crippen LogP contribution is 2.60. The van der Waals surface area contributed by atoms with Gasteiger partial charge >= 0.3 is 0 Å². The van der Waals surface area contributed by atoms with Crippen molar-refractivity contribution in [3.8, 4) is 0 Å². The molecule has 3 saturated carbocycles. The Morgan fingerprint density at radius 2 is 1.85 bits per heavy atom. The Morgan fingerprint density at radius 1 is 1.12 bits per heavy atom. The zero-order valence-electron chi connectivity index (χ0n) is 21.8. The van der Waals surface area contributed by atoms with E-state index in [1.807, 2.05) is 13.8 Å². The fourth-order valence-corrected chi connectivity index (χ4v) is 7.26. The fraction of sp³-hybridized carbons (Fsp3) is 0.800. The van der Waals surface area contributed by atoms with Crippen LogP contribution < -0.4 is 0 Å². The summed E-state index contributed by atoms with van der Waals surface area (Å²) in [6, 6.07) is 0. The standard InChI is InChI=1S/C30H50O3/c1-21(11-8-6-7-9-17-29(3,4)33)26-15-16-27-23(12-10-18-30(26,27)5)13-14-24-19-25(31)20-28(32)22(24)2/h13-14,21,25-28,31-33H,2,6-12,15-20H2,1,3-5H3/b23-13+,24-14-/t21-,25-,26-,27?,28+,30-/m1/s1. The zero-order chi connectivity index (χ0) is 24.2. The van der Waals surface area contributed by atoms with Crippen molar-refractivity contribution < 1.29 is 15.3 Å². The van der Waals surface area contributed by atoms with Gasteiger partial charge in [-0.25, -0.2) is 0 Å². The SMILES string of the molecule is C=C1/C(=C\C=C2/CCC[C@@]3(C)C2CC[C@@H]3[C@H](C)CCCCCCC(C)(C)O)C[C@@H](O)C[C@@H]1O. The summed E-state index contributed by atoms with van der Waals surface area (Å²) >= 11 is 0. The Kier molecular flexibility index (Phi) is 9.08. The first-order valence-electron chi connectivity index (χ1n) is 13.7. The van der Waals surface area contributed by atoms with E-state index < -0.39 is 17.8 Å². The maximum absolute atomic E-state index is 10.2. The molecular weight excluding hydrogens is 408 g/mol. The molecule has 3 N–H and O–H groups in total. The van der Waals surface area contributed by atoms with E-state index in [0.717, 1.165) is 35.8 Å². The van der Waals surface area contributed by atoms with Gasteiger partial charge in [-0.3, -0.25) is 0 Å². The van der Waals surface area contributed by atoms with Gasteiger partial charge in [-0.1, -0.05) is 70.3 Å². The Hall–Kier alpha value is -0.900. The van der Waals surface area contributed by atoms with E-state index in [2.05, 4.69) is 32.6 Å². The minimum atomic E-state index is -0.609. The van der Waals surface area contributed by atoms with Crippen LogP contribution in [0.5, 0.6) is 0 Å². The number of allylic oxidation sites excluding steroid dienone is 3. The number of hydrogen-bond donors (Lipinski definition) is 3. The summed E-state index contributed by atoms with van der Waals surface area (Å²) in [6.45, 7) is 12.9. The van der Waals surface area contributed by atoms with Gasteiger partial charge in [0.05, 0.1) is 17.8 Å². The Labute approximate surface area is 203 Å². The molecule has 3 rings (SSSR count). The van der Waals surface area contributed by atoms with Gasteiger partial charge in [-0.15, -0.1) is 0 Å². The second-order valence-electron chi connectivity index (χ2n) is 12.4. The summed E-state index contributed by atoms with van der Waals surface area (Å²) < 4.78 is 0. The Morgan fingerprint density at radius 3 is 2.58 bits per heavy atom. The lowest BCUT2D eigenvalue weighted by atomic mass is 9.60. The molecule has 3 nitrogen and oxygen atoms in total. The maximum Gasteiger partial charge on any atom is 0.0811 e. The number of hydrogen-bond acceptors (Lipinski definition) is 3. The van der Waals surface area contributed by atoms with E-state index in [1.54, 1.807) is 5.57 Å². The fourth-order valence-electron chi connectivity index (χ4n) is 7.26. The van der Waals surface area contributed by atoms with Crippen LogP contribution in [0.1, 0.15) is 111 Å². The van der Waals surface area contributed by atoms with Crippen LogP contribution in [-0.4, -0.2) is 33.1 Å². The first kappa shape index (κ1) is 26.7. The Balaban J connectivity index is 1.57. The maximum atomic E-state index is 10.2. The van der Waals surface area contributed by atoms with Gasteiger partial charge < -0.3 is 15.3 Å². The van der Waals surface area contributed by atoms with Crippen molar-refractivity contribution in [1.29, 1.82) is 0 Å². The minimum absolute atomic E-state index is 0.408. The van der Waals surface area contributed by atoms with Gasteiger partial charge in [-0.2, -0.15) is 0 Å². The molecule has 0 aromatic heterocycles. The summed E-state index contributed by atoms with van der Waals surface area (Å²) in [6.07, 6.45) is 18.1. The van der Waals surface area contributed by atoms with Crippen molar-refractivity contribution in [3.63, 3.8) is 0 Å². The Bertz CT molecular complexity index is 727. The van der Waals surface area contributed by atoms with Crippen molar-refractivity contribution >= 4 is 0 Å². The molecule has 0 aromatic carbocycles. The van der Waals surface area contributed by atoms with Crippen LogP contribution in [0.15, 0.2) is 35.5 Å². The predicted octanol–water partition coefficient (Wildman–Crippen LogP) is 6.88. The van der Waals surface area contributed by atoms with Gasteiger partial charge in [-0.05, 0) is 93.1 Å². The van der Waals surface area contributed by atoms with Gasteiger partial charge in [0.25, 0.3) is 0 Å². The normalized spacial score (nSPS) is 36.4. The number of aliphatic hydroxyl groups excluding tert-OH is 2. The summed E-state index contributed by atoms with van der Waals surface area (Å²) in [5.41, 5.74) is 3.28. The average molecular weight is 459 g/mol. The van der Waals surface area contributed by atoms with E-state index in [-0.39, 0.29) is 0 Å². The van der Waals surface area contributed by atoms with Crippen molar-refractivity contribution in [2.24, 2.45) is 23.2 Å². The molecule has 0 aromatic rings. The monoisotopic (exact) mass is 458 g/mol. The van der Waals surface area contributed by atoms with E-state index in [4.69, 9.17) is 0 Å². The molecule has 0 saturated heterocycles. The summed E-state index contributed by atoms with van der Waals surface area (Å²) in [5.74, 6) is 2.26. The molecule has 1 unspecified atom stereocenters. The van der Waals surface area contributed by atoms with Crippen molar-refractivity contribution in [3.05, 3.63) is 35.5 Å². The van der Waals surface area contributed by atoms with Crippen LogP contribution >= 0.6 is 0 Å². The average Bonchev–Trinajstić information content (AvgIpc) is 3.08. The van der Waals surface area contributed by atoms with Crippen LogP contribution in [-0.2, 0) is 0 Å². The van der Waals surface area contributed by atoms with Gasteiger partial charge in [0.15, 0.2) is 0 Å². The lowest BCUT2D eigenvalue weighted by Crippen LogP contribution is -2.36. The van der Waals surface area contributed by atoms with Crippen LogP contribution in [0, 0.1) is 23.2 Å². The third-order valence-electron chi connectivity index (χ3n) is 9.19. The van der Waals surface area contributed by atoms with Crippen molar-refractivity contribution in [2.45, 2.75) is 129 Å². The van der Waals surface area contributed by atoms with Crippen LogP contribution in [0.2, 0.25) is 0 Å². The van der Waals surface area contributed by atoms with Gasteiger partial charge in [0.1, 0.15) is 0 Å². The largest absolute Gasteiger partial charge is 0.393 e. The molecule has 3 aliphatic carbocycles. The van der Waals surface area contributed by atoms with Crippen molar-refractivity contribution in [2.75, 3.05) is 0 Å². The summed E-state index contributed by atoms with van der Waals surface area (Å²) in [5, 5.41) is 30.1. The highest BCUT2D eigenvalue weighted by atomic mass is 16.3. The van der Waals surface area contributed by atoms with E-state index in [0.29, 0.717) is 24.2 Å². The third-order valence-corrected chi connectivity index (χ3v) is 9.19. The number of aliphatic hydroxyl groups is 3. The van der Waals surface area contributed by atoms with Crippen molar-refractivity contribution in [1.82, 2.24) is 0 Å². The topological polar surface area (TPSA) is 60.7 Å². The first-order chi connectivity index (χ1) is 15.5. The number of unbranched alkanes of at least 4 members (excludes halogenated alkanes) is 3. The summed E-state index contributed by atoms with van der Waals surface area (Å²) in [4.78, 5) is 0. The predicted molar refractivity (Wildman–Crippen MR) is 138 cm³/mol. The van der Waals surface area contributed by atoms with Gasteiger partial charge in [0.2, 0.25) is 0 Å². The highest BCUT2D eigenvalue weighted by molar-refractivity contribution is 5.38. The number of fused-ring (bicyclic) bond motifs is 1. The van der Waals surface area contributed by atoms with Crippen LogP contribution in [0.4, 0.5) is 0 Å². The zero-order valence-corrected chi connectivity index (χ0v) is 21.8. The summed E-state index contributed by atoms with van der Waals surface area (Å²) in [7, 11) is 0. The molecule has 0 spiro atoms. The molecule has 3 heteroatoms. The molecule has 0 amide bonds. The van der Waals surface area contributed by atoms with E-state index >= 15 is 0 Å². The molecule has 3 fully saturated rings. The second-order valence-corrected chi connectivity index (χ2v) is 12.4. The molecule has 0 bridgehead atoms. The molecular formula is C30H50O3.